The quantitative estimate of drug-likeness (QED) is 0.432. The first kappa shape index (κ1) is 20.9. The van der Waals surface area contributed by atoms with Gasteiger partial charge in [-0.25, -0.2) is 8.42 Å². The Bertz CT molecular complexity index is 1300. The molecular weight excluding hydrogens is 408 g/mol. The first-order valence-corrected chi connectivity index (χ1v) is 11.6. The van der Waals surface area contributed by atoms with E-state index in [0.29, 0.717) is 12.2 Å². The number of benzene rings is 3. The summed E-state index contributed by atoms with van der Waals surface area (Å²) in [6.07, 6.45) is 2.30. The van der Waals surface area contributed by atoms with Crippen LogP contribution in [0.4, 0.5) is 5.69 Å². The Labute approximate surface area is 182 Å². The van der Waals surface area contributed by atoms with Gasteiger partial charge < -0.3 is 10.1 Å². The lowest BCUT2D eigenvalue weighted by molar-refractivity contribution is 0.414. The van der Waals surface area contributed by atoms with E-state index in [9.17, 15) is 8.42 Å². The van der Waals surface area contributed by atoms with Gasteiger partial charge in [-0.2, -0.15) is 0 Å². The first-order valence-electron chi connectivity index (χ1n) is 10.1. The molecule has 0 amide bonds. The molecule has 6 heteroatoms. The molecule has 0 saturated heterocycles. The number of para-hydroxylation sites is 1. The standard InChI is InChI=1S/C25H24N2O3S/c1-3-18-10-14-21(15-11-18)31(28,29)24-17-26-23-7-5-4-6-22(23)25(24)27-16-19-8-12-20(30-2)13-9-19/h4-15,17H,3,16H2,1-2H3,(H,26,27). The van der Waals surface area contributed by atoms with Crippen molar-refractivity contribution < 1.29 is 13.2 Å². The second kappa shape index (κ2) is 8.78. The number of anilines is 1. The molecule has 0 aliphatic rings. The van der Waals surface area contributed by atoms with E-state index in [2.05, 4.69) is 10.3 Å². The van der Waals surface area contributed by atoms with Gasteiger partial charge in [0.2, 0.25) is 9.84 Å². The van der Waals surface area contributed by atoms with Gasteiger partial charge in [-0.1, -0.05) is 49.4 Å². The Balaban J connectivity index is 1.77. The predicted octanol–water partition coefficient (Wildman–Crippen LogP) is 5.25. The predicted molar refractivity (Wildman–Crippen MR) is 123 cm³/mol. The topological polar surface area (TPSA) is 68.3 Å². The van der Waals surface area contributed by atoms with E-state index in [1.165, 1.54) is 6.20 Å². The van der Waals surface area contributed by atoms with Crippen LogP contribution in [0.25, 0.3) is 10.9 Å². The van der Waals surface area contributed by atoms with Crippen LogP contribution in [0.15, 0.2) is 88.8 Å². The molecule has 0 aliphatic carbocycles. The van der Waals surface area contributed by atoms with Crippen LogP contribution >= 0.6 is 0 Å². The van der Waals surface area contributed by atoms with Crippen molar-refractivity contribution in [3.05, 3.63) is 90.1 Å². The van der Waals surface area contributed by atoms with Crippen molar-refractivity contribution in [1.82, 2.24) is 4.98 Å². The minimum absolute atomic E-state index is 0.170. The summed E-state index contributed by atoms with van der Waals surface area (Å²) in [6.45, 7) is 2.51. The summed E-state index contributed by atoms with van der Waals surface area (Å²) in [5.74, 6) is 0.775. The van der Waals surface area contributed by atoms with Crippen LogP contribution in [0.3, 0.4) is 0 Å². The van der Waals surface area contributed by atoms with E-state index < -0.39 is 9.84 Å². The zero-order chi connectivity index (χ0) is 21.8. The van der Waals surface area contributed by atoms with E-state index in [0.717, 1.165) is 34.2 Å². The molecule has 0 bridgehead atoms. The molecule has 0 unspecified atom stereocenters. The lowest BCUT2D eigenvalue weighted by Crippen LogP contribution is -2.09. The van der Waals surface area contributed by atoms with Gasteiger partial charge in [-0.15, -0.1) is 0 Å². The number of pyridine rings is 1. The van der Waals surface area contributed by atoms with Crippen LogP contribution in [-0.2, 0) is 22.8 Å². The van der Waals surface area contributed by atoms with Crippen LogP contribution in [0, 0.1) is 0 Å². The molecule has 0 radical (unpaired) electrons. The monoisotopic (exact) mass is 432 g/mol. The summed E-state index contributed by atoms with van der Waals surface area (Å²) < 4.78 is 32.2. The number of hydrogen-bond acceptors (Lipinski definition) is 5. The van der Waals surface area contributed by atoms with E-state index in [1.54, 1.807) is 19.2 Å². The molecule has 0 aliphatic heterocycles. The van der Waals surface area contributed by atoms with Crippen LogP contribution in [-0.4, -0.2) is 20.5 Å². The summed E-state index contributed by atoms with van der Waals surface area (Å²) in [5.41, 5.74) is 3.40. The Kier molecular flexibility index (Phi) is 5.91. The van der Waals surface area contributed by atoms with Crippen LogP contribution in [0.1, 0.15) is 18.1 Å². The summed E-state index contributed by atoms with van der Waals surface area (Å²) in [6, 6.07) is 22.2. The van der Waals surface area contributed by atoms with Gasteiger partial charge in [0, 0.05) is 18.1 Å². The highest BCUT2D eigenvalue weighted by Gasteiger charge is 2.23. The third-order valence-corrected chi connectivity index (χ3v) is 7.08. The maximum Gasteiger partial charge on any atom is 0.210 e. The number of nitrogens with one attached hydrogen (secondary N) is 1. The molecule has 0 atom stereocenters. The Hall–Kier alpha value is -3.38. The molecular formula is C25H24N2O3S. The summed E-state index contributed by atoms with van der Waals surface area (Å²) in [7, 11) is -2.12. The minimum atomic E-state index is -3.75. The SMILES string of the molecule is CCc1ccc(S(=O)(=O)c2cnc3ccccc3c2NCc2ccc(OC)cc2)cc1. The Morgan fingerprint density at radius 2 is 1.58 bits per heavy atom. The summed E-state index contributed by atoms with van der Waals surface area (Å²) >= 11 is 0. The van der Waals surface area contributed by atoms with E-state index in [-0.39, 0.29) is 9.79 Å². The molecule has 0 spiro atoms. The average Bonchev–Trinajstić information content (AvgIpc) is 2.82. The maximum absolute atomic E-state index is 13.5. The Morgan fingerprint density at radius 1 is 0.903 bits per heavy atom. The number of fused-ring (bicyclic) bond motifs is 1. The van der Waals surface area contributed by atoms with Crippen molar-refractivity contribution in [2.75, 3.05) is 12.4 Å². The van der Waals surface area contributed by atoms with Crippen LogP contribution in [0.2, 0.25) is 0 Å². The molecule has 5 nitrogen and oxygen atoms in total. The third kappa shape index (κ3) is 4.25. The van der Waals surface area contributed by atoms with Crippen LogP contribution < -0.4 is 10.1 Å². The molecule has 0 fully saturated rings. The second-order valence-corrected chi connectivity index (χ2v) is 9.14. The fourth-order valence-electron chi connectivity index (χ4n) is 3.47. The largest absolute Gasteiger partial charge is 0.497 e. The number of hydrogen-bond donors (Lipinski definition) is 1. The number of aryl methyl sites for hydroxylation is 1. The van der Waals surface area contributed by atoms with E-state index in [1.807, 2.05) is 67.6 Å². The number of nitrogens with zero attached hydrogens (tertiary/aromatic N) is 1. The van der Waals surface area contributed by atoms with Crippen molar-refractivity contribution in [3.63, 3.8) is 0 Å². The van der Waals surface area contributed by atoms with Gasteiger partial charge >= 0.3 is 0 Å². The van der Waals surface area contributed by atoms with Crippen molar-refractivity contribution in [2.45, 2.75) is 29.7 Å². The van der Waals surface area contributed by atoms with E-state index >= 15 is 0 Å². The zero-order valence-electron chi connectivity index (χ0n) is 17.5. The van der Waals surface area contributed by atoms with Crippen LogP contribution in [0.5, 0.6) is 5.75 Å². The average molecular weight is 433 g/mol. The summed E-state index contributed by atoms with van der Waals surface area (Å²) in [5, 5.41) is 4.11. The fourth-order valence-corrected chi connectivity index (χ4v) is 4.86. The summed E-state index contributed by atoms with van der Waals surface area (Å²) in [4.78, 5) is 4.84. The van der Waals surface area contributed by atoms with Crippen molar-refractivity contribution in [1.29, 1.82) is 0 Å². The molecule has 3 aromatic carbocycles. The number of methoxy groups -OCH3 is 1. The number of ether oxygens (including phenoxy) is 1. The van der Waals surface area contributed by atoms with Crippen molar-refractivity contribution in [2.24, 2.45) is 0 Å². The zero-order valence-corrected chi connectivity index (χ0v) is 18.3. The van der Waals surface area contributed by atoms with Gasteiger partial charge in [0.25, 0.3) is 0 Å². The number of aromatic nitrogens is 1. The number of rotatable bonds is 7. The van der Waals surface area contributed by atoms with Gasteiger partial charge in [-0.3, -0.25) is 4.98 Å². The van der Waals surface area contributed by atoms with Crippen molar-refractivity contribution in [3.8, 4) is 5.75 Å². The highest BCUT2D eigenvalue weighted by Crippen LogP contribution is 2.33. The van der Waals surface area contributed by atoms with E-state index in [4.69, 9.17) is 4.74 Å². The molecule has 0 saturated carbocycles. The maximum atomic E-state index is 13.5. The molecule has 158 valence electrons. The minimum Gasteiger partial charge on any atom is -0.497 e. The normalized spacial score (nSPS) is 11.4. The molecule has 1 N–H and O–H groups in total. The highest BCUT2D eigenvalue weighted by atomic mass is 32.2. The molecule has 1 aromatic heterocycles. The smallest absolute Gasteiger partial charge is 0.210 e. The lowest BCUT2D eigenvalue weighted by atomic mass is 10.1. The lowest BCUT2D eigenvalue weighted by Gasteiger charge is -2.16. The number of sulfone groups is 1. The fraction of sp³-hybridized carbons (Fsp3) is 0.160. The molecule has 4 aromatic rings. The third-order valence-electron chi connectivity index (χ3n) is 5.30. The van der Waals surface area contributed by atoms with Gasteiger partial charge in [0.05, 0.1) is 23.2 Å². The molecule has 1 heterocycles. The second-order valence-electron chi connectivity index (χ2n) is 7.22. The molecule has 4 rings (SSSR count). The van der Waals surface area contributed by atoms with Gasteiger partial charge in [0.15, 0.2) is 0 Å². The van der Waals surface area contributed by atoms with Crippen molar-refractivity contribution >= 4 is 26.4 Å². The highest BCUT2D eigenvalue weighted by molar-refractivity contribution is 7.91. The van der Waals surface area contributed by atoms with Gasteiger partial charge in [0.1, 0.15) is 10.6 Å². The Morgan fingerprint density at radius 3 is 2.26 bits per heavy atom. The first-order chi connectivity index (χ1) is 15.0. The molecule has 31 heavy (non-hydrogen) atoms. The van der Waals surface area contributed by atoms with Gasteiger partial charge in [-0.05, 0) is 47.9 Å².